The molecule has 1 aromatic heterocycles. The number of amides is 1. The third-order valence-electron chi connectivity index (χ3n) is 3.12. The number of para-hydroxylation sites is 2. The van der Waals surface area contributed by atoms with Crippen molar-refractivity contribution in [3.63, 3.8) is 0 Å². The van der Waals surface area contributed by atoms with Crippen molar-refractivity contribution < 1.29 is 14.5 Å². The Morgan fingerprint density at radius 1 is 1.29 bits per heavy atom. The SMILES string of the molecule is CCCOc1ccccc1NC(=O)Cn1cc([N+](=O)[O-])ccc1=O. The Balaban J connectivity index is 2.13. The van der Waals surface area contributed by atoms with Gasteiger partial charge in [-0.3, -0.25) is 24.3 Å². The first-order valence-electron chi connectivity index (χ1n) is 7.38. The lowest BCUT2D eigenvalue weighted by Gasteiger charge is -2.12. The van der Waals surface area contributed by atoms with E-state index in [-0.39, 0.29) is 12.2 Å². The lowest BCUT2D eigenvalue weighted by Crippen LogP contribution is -2.27. The number of rotatable bonds is 7. The van der Waals surface area contributed by atoms with Gasteiger partial charge in [-0.2, -0.15) is 0 Å². The summed E-state index contributed by atoms with van der Waals surface area (Å²) in [6, 6.07) is 9.10. The lowest BCUT2D eigenvalue weighted by molar-refractivity contribution is -0.385. The van der Waals surface area contributed by atoms with Crippen LogP contribution in [0.3, 0.4) is 0 Å². The Morgan fingerprint density at radius 2 is 2.04 bits per heavy atom. The summed E-state index contributed by atoms with van der Waals surface area (Å²) in [5.41, 5.74) is -0.269. The molecule has 0 bridgehead atoms. The molecule has 0 aliphatic heterocycles. The van der Waals surface area contributed by atoms with Gasteiger partial charge in [0.25, 0.3) is 11.2 Å². The molecule has 126 valence electrons. The molecule has 0 aliphatic carbocycles. The summed E-state index contributed by atoms with van der Waals surface area (Å²) in [6.45, 7) is 2.15. The number of anilines is 1. The molecule has 1 heterocycles. The number of pyridine rings is 1. The van der Waals surface area contributed by atoms with E-state index in [1.807, 2.05) is 6.92 Å². The van der Waals surface area contributed by atoms with Gasteiger partial charge in [-0.1, -0.05) is 19.1 Å². The standard InChI is InChI=1S/C16H17N3O5/c1-2-9-24-14-6-4-3-5-13(14)17-15(20)11-18-10-12(19(22)23)7-8-16(18)21/h3-8,10H,2,9,11H2,1H3,(H,17,20). The van der Waals surface area contributed by atoms with Gasteiger partial charge in [0.2, 0.25) is 5.91 Å². The molecule has 0 fully saturated rings. The second kappa shape index (κ2) is 7.91. The van der Waals surface area contributed by atoms with E-state index in [0.29, 0.717) is 18.0 Å². The molecule has 0 radical (unpaired) electrons. The third-order valence-corrected chi connectivity index (χ3v) is 3.12. The molecule has 1 amide bonds. The predicted molar refractivity (Wildman–Crippen MR) is 88.2 cm³/mol. The normalized spacial score (nSPS) is 10.2. The van der Waals surface area contributed by atoms with Gasteiger partial charge in [0.15, 0.2) is 0 Å². The average molecular weight is 331 g/mol. The fourth-order valence-electron chi connectivity index (χ4n) is 2.00. The van der Waals surface area contributed by atoms with E-state index in [9.17, 15) is 19.7 Å². The van der Waals surface area contributed by atoms with Gasteiger partial charge in [-0.25, -0.2) is 0 Å². The summed E-state index contributed by atoms with van der Waals surface area (Å²) in [6.07, 6.45) is 1.87. The zero-order valence-electron chi connectivity index (χ0n) is 13.1. The number of hydrogen-bond acceptors (Lipinski definition) is 5. The van der Waals surface area contributed by atoms with E-state index in [2.05, 4.69) is 5.32 Å². The predicted octanol–water partition coefficient (Wildman–Crippen LogP) is 2.18. The first-order chi connectivity index (χ1) is 11.5. The summed E-state index contributed by atoms with van der Waals surface area (Å²) in [4.78, 5) is 34.0. The summed E-state index contributed by atoms with van der Waals surface area (Å²) in [7, 11) is 0. The Morgan fingerprint density at radius 3 is 2.75 bits per heavy atom. The highest BCUT2D eigenvalue weighted by Crippen LogP contribution is 2.23. The number of nitrogens with one attached hydrogen (secondary N) is 1. The molecule has 1 aromatic carbocycles. The van der Waals surface area contributed by atoms with Crippen LogP contribution in [0.15, 0.2) is 47.4 Å². The molecule has 0 spiro atoms. The highest BCUT2D eigenvalue weighted by atomic mass is 16.6. The summed E-state index contributed by atoms with van der Waals surface area (Å²) in [5, 5.41) is 13.4. The van der Waals surface area contributed by atoms with Gasteiger partial charge < -0.3 is 10.1 Å². The van der Waals surface area contributed by atoms with Crippen LogP contribution in [0.5, 0.6) is 5.75 Å². The molecule has 2 aromatic rings. The van der Waals surface area contributed by atoms with E-state index in [4.69, 9.17) is 4.74 Å². The van der Waals surface area contributed by atoms with Crippen molar-refractivity contribution in [2.75, 3.05) is 11.9 Å². The Bertz CT molecular complexity index is 800. The molecule has 2 rings (SSSR count). The number of aromatic nitrogens is 1. The van der Waals surface area contributed by atoms with Gasteiger partial charge in [0, 0.05) is 12.1 Å². The summed E-state index contributed by atoms with van der Waals surface area (Å²) >= 11 is 0. The van der Waals surface area contributed by atoms with Crippen molar-refractivity contribution in [3.05, 3.63) is 63.1 Å². The topological polar surface area (TPSA) is 103 Å². The van der Waals surface area contributed by atoms with Gasteiger partial charge in [0.1, 0.15) is 12.3 Å². The molecule has 1 N–H and O–H groups in total. The molecule has 0 aliphatic rings. The van der Waals surface area contributed by atoms with Crippen LogP contribution in [0.2, 0.25) is 0 Å². The van der Waals surface area contributed by atoms with Crippen LogP contribution in [-0.4, -0.2) is 22.0 Å². The van der Waals surface area contributed by atoms with E-state index >= 15 is 0 Å². The summed E-state index contributed by atoms with van der Waals surface area (Å²) < 4.78 is 6.53. The quantitative estimate of drug-likeness (QED) is 0.618. The minimum absolute atomic E-state index is 0.255. The number of hydrogen-bond donors (Lipinski definition) is 1. The Labute approximate surface area is 137 Å². The average Bonchev–Trinajstić information content (AvgIpc) is 2.56. The molecular formula is C16H17N3O5. The van der Waals surface area contributed by atoms with Crippen LogP contribution < -0.4 is 15.6 Å². The van der Waals surface area contributed by atoms with E-state index in [0.717, 1.165) is 29.3 Å². The molecule has 0 saturated carbocycles. The van der Waals surface area contributed by atoms with Crippen LogP contribution in [0, 0.1) is 10.1 Å². The number of nitro groups is 1. The minimum atomic E-state index is -0.623. The zero-order valence-corrected chi connectivity index (χ0v) is 13.1. The molecule has 24 heavy (non-hydrogen) atoms. The maximum atomic E-state index is 12.1. The van der Waals surface area contributed by atoms with Crippen molar-refractivity contribution in [2.24, 2.45) is 0 Å². The largest absolute Gasteiger partial charge is 0.491 e. The lowest BCUT2D eigenvalue weighted by atomic mass is 10.3. The first-order valence-corrected chi connectivity index (χ1v) is 7.38. The van der Waals surface area contributed by atoms with Gasteiger partial charge >= 0.3 is 0 Å². The maximum Gasteiger partial charge on any atom is 0.285 e. The number of ether oxygens (including phenoxy) is 1. The van der Waals surface area contributed by atoms with Gasteiger partial charge in [-0.05, 0) is 18.6 Å². The first kappa shape index (κ1) is 17.2. The van der Waals surface area contributed by atoms with Gasteiger partial charge in [-0.15, -0.1) is 0 Å². The van der Waals surface area contributed by atoms with E-state index in [1.165, 1.54) is 0 Å². The van der Waals surface area contributed by atoms with Crippen molar-refractivity contribution in [1.82, 2.24) is 4.57 Å². The third kappa shape index (κ3) is 4.42. The minimum Gasteiger partial charge on any atom is -0.491 e. The van der Waals surface area contributed by atoms with Crippen molar-refractivity contribution >= 4 is 17.3 Å². The molecule has 8 nitrogen and oxygen atoms in total. The second-order valence-corrected chi connectivity index (χ2v) is 5.00. The van der Waals surface area contributed by atoms with Crippen LogP contribution in [0.25, 0.3) is 0 Å². The van der Waals surface area contributed by atoms with Crippen LogP contribution in [-0.2, 0) is 11.3 Å². The zero-order chi connectivity index (χ0) is 17.5. The van der Waals surface area contributed by atoms with Crippen molar-refractivity contribution in [1.29, 1.82) is 0 Å². The van der Waals surface area contributed by atoms with Crippen LogP contribution in [0.1, 0.15) is 13.3 Å². The summed E-state index contributed by atoms with van der Waals surface area (Å²) in [5.74, 6) is 0.0456. The highest BCUT2D eigenvalue weighted by Gasteiger charge is 2.12. The smallest absolute Gasteiger partial charge is 0.285 e. The highest BCUT2D eigenvalue weighted by molar-refractivity contribution is 5.92. The second-order valence-electron chi connectivity index (χ2n) is 5.00. The number of carbonyl (C=O) groups is 1. The van der Waals surface area contributed by atoms with E-state index in [1.54, 1.807) is 24.3 Å². The molecular weight excluding hydrogens is 314 g/mol. The van der Waals surface area contributed by atoms with Crippen molar-refractivity contribution in [2.45, 2.75) is 19.9 Å². The van der Waals surface area contributed by atoms with E-state index < -0.39 is 16.4 Å². The molecule has 0 unspecified atom stereocenters. The molecule has 0 saturated heterocycles. The maximum absolute atomic E-state index is 12.1. The van der Waals surface area contributed by atoms with Crippen LogP contribution >= 0.6 is 0 Å². The Hall–Kier alpha value is -3.16. The monoisotopic (exact) mass is 331 g/mol. The Kier molecular flexibility index (Phi) is 5.67. The van der Waals surface area contributed by atoms with Crippen LogP contribution in [0.4, 0.5) is 11.4 Å². The number of carbonyl (C=O) groups excluding carboxylic acids is 1. The fraction of sp³-hybridized carbons (Fsp3) is 0.250. The number of nitrogens with zero attached hydrogens (tertiary/aromatic N) is 2. The van der Waals surface area contributed by atoms with Gasteiger partial charge in [0.05, 0.1) is 23.4 Å². The molecule has 0 atom stereocenters. The molecule has 8 heteroatoms. The fourth-order valence-corrected chi connectivity index (χ4v) is 2.00. The van der Waals surface area contributed by atoms with Crippen molar-refractivity contribution in [3.8, 4) is 5.75 Å². The number of benzene rings is 1.